The van der Waals surface area contributed by atoms with Crippen LogP contribution in [0.4, 0.5) is 10.5 Å². The molecule has 0 aliphatic rings. The molecular formula is C13H17NO4. The van der Waals surface area contributed by atoms with Crippen LogP contribution in [0.3, 0.4) is 0 Å². The number of anilines is 1. The molecule has 0 fully saturated rings. The fourth-order valence-corrected chi connectivity index (χ4v) is 1.33. The van der Waals surface area contributed by atoms with Crippen molar-refractivity contribution in [3.05, 3.63) is 29.8 Å². The molecule has 18 heavy (non-hydrogen) atoms. The number of aliphatic carboxylic acids is 1. The molecule has 1 amide bonds. The van der Waals surface area contributed by atoms with E-state index in [4.69, 9.17) is 5.11 Å². The molecule has 0 aliphatic carbocycles. The Morgan fingerprint density at radius 3 is 2.22 bits per heavy atom. The van der Waals surface area contributed by atoms with Crippen LogP contribution in [0.2, 0.25) is 0 Å². The minimum atomic E-state index is -1.19. The first-order valence-electron chi connectivity index (χ1n) is 5.55. The van der Waals surface area contributed by atoms with Gasteiger partial charge in [0.2, 0.25) is 0 Å². The van der Waals surface area contributed by atoms with Crippen molar-refractivity contribution in [1.82, 2.24) is 0 Å². The maximum atomic E-state index is 11.2. The molecule has 98 valence electrons. The van der Waals surface area contributed by atoms with Crippen LogP contribution >= 0.6 is 0 Å². The number of carbonyl (C=O) groups excluding carboxylic acids is 1. The lowest BCUT2D eigenvalue weighted by molar-refractivity contribution is -0.140. The van der Waals surface area contributed by atoms with E-state index in [1.807, 2.05) is 12.1 Å². The average Bonchev–Trinajstić information content (AvgIpc) is 2.26. The number of benzene rings is 1. The number of hydrogen-bond acceptors (Lipinski definition) is 3. The van der Waals surface area contributed by atoms with Crippen molar-refractivity contribution in [2.45, 2.75) is 26.2 Å². The van der Waals surface area contributed by atoms with Crippen molar-refractivity contribution in [3.63, 3.8) is 0 Å². The number of carboxylic acid groups (broad SMARTS) is 1. The predicted molar refractivity (Wildman–Crippen MR) is 67.7 cm³/mol. The quantitative estimate of drug-likeness (QED) is 0.865. The molecule has 0 radical (unpaired) electrons. The van der Waals surface area contributed by atoms with E-state index in [0.717, 1.165) is 5.56 Å². The highest BCUT2D eigenvalue weighted by molar-refractivity contribution is 5.86. The topological polar surface area (TPSA) is 75.6 Å². The van der Waals surface area contributed by atoms with Gasteiger partial charge < -0.3 is 9.84 Å². The summed E-state index contributed by atoms with van der Waals surface area (Å²) in [5.41, 5.74) is 1.76. The monoisotopic (exact) mass is 251 g/mol. The number of hydrogen-bond donors (Lipinski definition) is 2. The molecule has 5 nitrogen and oxygen atoms in total. The normalized spacial score (nSPS) is 10.8. The van der Waals surface area contributed by atoms with Crippen molar-refractivity contribution in [2.75, 3.05) is 11.9 Å². The van der Waals surface area contributed by atoms with E-state index in [2.05, 4.69) is 30.8 Å². The van der Waals surface area contributed by atoms with Crippen molar-refractivity contribution >= 4 is 17.7 Å². The van der Waals surface area contributed by atoms with Gasteiger partial charge in [-0.15, -0.1) is 0 Å². The highest BCUT2D eigenvalue weighted by atomic mass is 16.6. The summed E-state index contributed by atoms with van der Waals surface area (Å²) < 4.78 is 4.46. The molecule has 5 heteroatoms. The van der Waals surface area contributed by atoms with E-state index < -0.39 is 18.7 Å². The van der Waals surface area contributed by atoms with Crippen LogP contribution in [-0.2, 0) is 14.9 Å². The second kappa shape index (κ2) is 5.53. The maximum Gasteiger partial charge on any atom is 0.412 e. The van der Waals surface area contributed by atoms with Crippen LogP contribution in [0.15, 0.2) is 24.3 Å². The second-order valence-corrected chi connectivity index (χ2v) is 4.92. The fraction of sp³-hybridized carbons (Fsp3) is 0.385. The highest BCUT2D eigenvalue weighted by Gasteiger charge is 2.13. The van der Waals surface area contributed by atoms with E-state index >= 15 is 0 Å². The summed E-state index contributed by atoms with van der Waals surface area (Å²) in [5.74, 6) is -1.19. The SMILES string of the molecule is CC(C)(C)c1ccc(NC(=O)OCC(=O)O)cc1. The molecule has 0 heterocycles. The van der Waals surface area contributed by atoms with Gasteiger partial charge in [0.05, 0.1) is 0 Å². The Bertz CT molecular complexity index is 431. The largest absolute Gasteiger partial charge is 0.479 e. The van der Waals surface area contributed by atoms with Gasteiger partial charge in [-0.25, -0.2) is 9.59 Å². The third-order valence-corrected chi connectivity index (χ3v) is 2.32. The van der Waals surface area contributed by atoms with E-state index in [1.54, 1.807) is 12.1 Å². The van der Waals surface area contributed by atoms with E-state index in [1.165, 1.54) is 0 Å². The lowest BCUT2D eigenvalue weighted by Crippen LogP contribution is -2.18. The molecule has 0 atom stereocenters. The molecule has 0 saturated heterocycles. The Labute approximate surface area is 106 Å². The van der Waals surface area contributed by atoms with Crippen molar-refractivity contribution in [1.29, 1.82) is 0 Å². The first-order chi connectivity index (χ1) is 8.29. The third-order valence-electron chi connectivity index (χ3n) is 2.32. The van der Waals surface area contributed by atoms with Gasteiger partial charge in [0.25, 0.3) is 0 Å². The molecule has 1 aromatic carbocycles. The third kappa shape index (κ3) is 4.45. The van der Waals surface area contributed by atoms with Gasteiger partial charge in [-0.1, -0.05) is 32.9 Å². The molecular weight excluding hydrogens is 234 g/mol. The number of amides is 1. The number of carbonyl (C=O) groups is 2. The Hall–Kier alpha value is -2.04. The predicted octanol–water partition coefficient (Wildman–Crippen LogP) is 2.62. The summed E-state index contributed by atoms with van der Waals surface area (Å²) in [6.07, 6.45) is -0.777. The zero-order valence-electron chi connectivity index (χ0n) is 10.7. The summed E-state index contributed by atoms with van der Waals surface area (Å²) in [4.78, 5) is 21.4. The molecule has 0 bridgehead atoms. The van der Waals surface area contributed by atoms with Gasteiger partial charge in [0.15, 0.2) is 6.61 Å². The fourth-order valence-electron chi connectivity index (χ4n) is 1.33. The first-order valence-corrected chi connectivity index (χ1v) is 5.55. The van der Waals surface area contributed by atoms with E-state index in [9.17, 15) is 9.59 Å². The minimum absolute atomic E-state index is 0.0440. The van der Waals surface area contributed by atoms with Crippen LogP contribution < -0.4 is 5.32 Å². The summed E-state index contributed by atoms with van der Waals surface area (Å²) in [7, 11) is 0. The first kappa shape index (κ1) is 14.0. The lowest BCUT2D eigenvalue weighted by atomic mass is 9.87. The van der Waals surface area contributed by atoms with Crippen molar-refractivity contribution in [3.8, 4) is 0 Å². The van der Waals surface area contributed by atoms with Gasteiger partial charge in [0.1, 0.15) is 0 Å². The molecule has 0 aromatic heterocycles. The smallest absolute Gasteiger partial charge is 0.412 e. The maximum absolute atomic E-state index is 11.2. The van der Waals surface area contributed by atoms with Gasteiger partial charge >= 0.3 is 12.1 Å². The summed E-state index contributed by atoms with van der Waals surface area (Å²) in [5, 5.41) is 10.8. The molecule has 0 spiro atoms. The van der Waals surface area contributed by atoms with E-state index in [-0.39, 0.29) is 5.41 Å². The zero-order valence-corrected chi connectivity index (χ0v) is 10.7. The summed E-state index contributed by atoms with van der Waals surface area (Å²) in [6, 6.07) is 7.32. The molecule has 0 unspecified atom stereocenters. The number of nitrogens with one attached hydrogen (secondary N) is 1. The average molecular weight is 251 g/mol. The molecule has 1 rings (SSSR count). The summed E-state index contributed by atoms with van der Waals surface area (Å²) >= 11 is 0. The van der Waals surface area contributed by atoms with Gasteiger partial charge in [-0.2, -0.15) is 0 Å². The van der Waals surface area contributed by atoms with Crippen LogP contribution in [0.5, 0.6) is 0 Å². The van der Waals surface area contributed by atoms with Crippen molar-refractivity contribution < 1.29 is 19.4 Å². The molecule has 1 aromatic rings. The second-order valence-electron chi connectivity index (χ2n) is 4.92. The van der Waals surface area contributed by atoms with Gasteiger partial charge in [-0.3, -0.25) is 5.32 Å². The Morgan fingerprint density at radius 1 is 1.22 bits per heavy atom. The lowest BCUT2D eigenvalue weighted by Gasteiger charge is -2.19. The number of rotatable bonds is 3. The standard InChI is InChI=1S/C13H17NO4/c1-13(2,3)9-4-6-10(7-5-9)14-12(17)18-8-11(15)16/h4-7H,8H2,1-3H3,(H,14,17)(H,15,16). The minimum Gasteiger partial charge on any atom is -0.479 e. The Morgan fingerprint density at radius 2 is 1.78 bits per heavy atom. The number of ether oxygens (including phenoxy) is 1. The van der Waals surface area contributed by atoms with Gasteiger partial charge in [-0.05, 0) is 23.1 Å². The molecule has 2 N–H and O–H groups in total. The van der Waals surface area contributed by atoms with Gasteiger partial charge in [0, 0.05) is 5.69 Å². The Kier molecular flexibility index (Phi) is 4.31. The summed E-state index contributed by atoms with van der Waals surface area (Å²) in [6.45, 7) is 5.63. The van der Waals surface area contributed by atoms with Crippen LogP contribution in [0, 0.1) is 0 Å². The van der Waals surface area contributed by atoms with Crippen LogP contribution in [-0.4, -0.2) is 23.8 Å². The zero-order chi connectivity index (χ0) is 13.8. The highest BCUT2D eigenvalue weighted by Crippen LogP contribution is 2.23. The van der Waals surface area contributed by atoms with Crippen LogP contribution in [0.1, 0.15) is 26.3 Å². The van der Waals surface area contributed by atoms with Crippen molar-refractivity contribution in [2.24, 2.45) is 0 Å². The van der Waals surface area contributed by atoms with E-state index in [0.29, 0.717) is 5.69 Å². The molecule has 0 aliphatic heterocycles. The van der Waals surface area contributed by atoms with Crippen LogP contribution in [0.25, 0.3) is 0 Å². The Balaban J connectivity index is 2.59. The molecule has 0 saturated carbocycles. The number of carboxylic acids is 1.